The molecular formula is C31H23F3N6O2. The van der Waals surface area contributed by atoms with Crippen molar-refractivity contribution < 1.29 is 23.1 Å². The smallest absolute Gasteiger partial charge is 0.384 e. The molecule has 0 spiro atoms. The Bertz CT molecular complexity index is 1790. The van der Waals surface area contributed by atoms with Gasteiger partial charge >= 0.3 is 6.18 Å². The minimum atomic E-state index is -4.80. The molecule has 1 atom stereocenters. The van der Waals surface area contributed by atoms with Crippen molar-refractivity contribution in [1.82, 2.24) is 14.8 Å². The first-order valence-corrected chi connectivity index (χ1v) is 12.7. The fourth-order valence-corrected chi connectivity index (χ4v) is 4.35. The normalized spacial score (nSPS) is 12.0. The minimum Gasteiger partial charge on any atom is -0.384 e. The van der Waals surface area contributed by atoms with Gasteiger partial charge in [0, 0.05) is 30.1 Å². The van der Waals surface area contributed by atoms with Crippen LogP contribution in [0.25, 0.3) is 16.9 Å². The molecule has 11 heteroatoms. The Morgan fingerprint density at radius 2 is 1.76 bits per heavy atom. The monoisotopic (exact) mass is 568 g/mol. The number of alkyl halides is 3. The number of aromatic nitrogens is 3. The predicted molar refractivity (Wildman–Crippen MR) is 149 cm³/mol. The highest BCUT2D eigenvalue weighted by molar-refractivity contribution is 6.03. The van der Waals surface area contributed by atoms with Gasteiger partial charge in [0.15, 0.2) is 5.69 Å². The first-order valence-electron chi connectivity index (χ1n) is 12.7. The average Bonchev–Trinajstić information content (AvgIpc) is 3.48. The molecule has 4 N–H and O–H groups in total. The Morgan fingerprint density at radius 1 is 1.00 bits per heavy atom. The van der Waals surface area contributed by atoms with Crippen LogP contribution in [0.2, 0.25) is 0 Å². The summed E-state index contributed by atoms with van der Waals surface area (Å²) in [5.41, 5.74) is 8.21. The fraction of sp³-hybridized carbons (Fsp3) is 0.0968. The molecule has 0 bridgehead atoms. The van der Waals surface area contributed by atoms with E-state index in [4.69, 9.17) is 5.73 Å². The predicted octanol–water partition coefficient (Wildman–Crippen LogP) is 5.62. The zero-order chi connectivity index (χ0) is 29.9. The van der Waals surface area contributed by atoms with Crippen molar-refractivity contribution in [2.24, 2.45) is 5.73 Å². The summed E-state index contributed by atoms with van der Waals surface area (Å²) >= 11 is 0. The van der Waals surface area contributed by atoms with E-state index in [1.807, 2.05) is 30.3 Å². The maximum atomic E-state index is 13.5. The number of halogens is 3. The van der Waals surface area contributed by atoms with Crippen LogP contribution in [-0.4, -0.2) is 25.8 Å². The standard InChI is InChI=1S/C31H23F3N6O2/c32-31(33,34)28-16-27(40(39-28)25-6-1-3-19(13-25)17-35)30(42)38-24-5-2-4-23(15-24)29(41)22-9-7-21(8-10-22)26-14-20(18-36)11-12-37-26/h1-16,29,41H,18,36H2,(H,38,42). The van der Waals surface area contributed by atoms with Gasteiger partial charge < -0.3 is 16.2 Å². The highest BCUT2D eigenvalue weighted by Gasteiger charge is 2.36. The highest BCUT2D eigenvalue weighted by Crippen LogP contribution is 2.31. The van der Waals surface area contributed by atoms with Gasteiger partial charge in [-0.1, -0.05) is 42.5 Å². The van der Waals surface area contributed by atoms with E-state index in [9.17, 15) is 28.3 Å². The van der Waals surface area contributed by atoms with Gasteiger partial charge in [-0.3, -0.25) is 9.78 Å². The molecule has 42 heavy (non-hydrogen) atoms. The largest absolute Gasteiger partial charge is 0.435 e. The van der Waals surface area contributed by atoms with E-state index in [0.29, 0.717) is 23.7 Å². The molecule has 0 saturated carbocycles. The summed E-state index contributed by atoms with van der Waals surface area (Å²) in [7, 11) is 0. The molecular weight excluding hydrogens is 545 g/mol. The third-order valence-electron chi connectivity index (χ3n) is 6.49. The van der Waals surface area contributed by atoms with Gasteiger partial charge in [0.25, 0.3) is 5.91 Å². The maximum absolute atomic E-state index is 13.5. The number of nitrogens with two attached hydrogens (primary N) is 1. The zero-order valence-electron chi connectivity index (χ0n) is 21.9. The molecule has 0 aliphatic carbocycles. The van der Waals surface area contributed by atoms with E-state index in [0.717, 1.165) is 21.5 Å². The van der Waals surface area contributed by atoms with Gasteiger partial charge in [-0.15, -0.1) is 0 Å². The molecule has 8 nitrogen and oxygen atoms in total. The number of nitrogens with zero attached hydrogens (tertiary/aromatic N) is 4. The molecule has 210 valence electrons. The quantitative estimate of drug-likeness (QED) is 0.234. The summed E-state index contributed by atoms with van der Waals surface area (Å²) in [4.78, 5) is 17.6. The number of nitrogens with one attached hydrogen (secondary N) is 1. The lowest BCUT2D eigenvalue weighted by Crippen LogP contribution is -2.17. The van der Waals surface area contributed by atoms with Crippen LogP contribution in [0.1, 0.15) is 44.5 Å². The van der Waals surface area contributed by atoms with Crippen molar-refractivity contribution in [3.63, 3.8) is 0 Å². The van der Waals surface area contributed by atoms with Crippen LogP contribution in [0.4, 0.5) is 18.9 Å². The maximum Gasteiger partial charge on any atom is 0.435 e. The number of pyridine rings is 1. The van der Waals surface area contributed by atoms with E-state index >= 15 is 0 Å². The molecule has 0 aliphatic rings. The first-order chi connectivity index (χ1) is 20.2. The number of benzene rings is 3. The van der Waals surface area contributed by atoms with Gasteiger partial charge in [0.05, 0.1) is 23.0 Å². The SMILES string of the molecule is N#Cc1cccc(-n2nc(C(F)(F)F)cc2C(=O)Nc2cccc(C(O)c3ccc(-c4cc(CN)ccn4)cc3)c2)c1. The van der Waals surface area contributed by atoms with Gasteiger partial charge in [-0.2, -0.15) is 23.5 Å². The molecule has 1 unspecified atom stereocenters. The Balaban J connectivity index is 1.39. The molecule has 2 heterocycles. The molecule has 3 aromatic carbocycles. The number of rotatable bonds is 7. The summed E-state index contributed by atoms with van der Waals surface area (Å²) in [5, 5.41) is 26.4. The Kier molecular flexibility index (Phi) is 7.84. The molecule has 5 rings (SSSR count). The minimum absolute atomic E-state index is 0.118. The summed E-state index contributed by atoms with van der Waals surface area (Å²) in [6, 6.07) is 25.6. The number of hydrogen-bond acceptors (Lipinski definition) is 6. The van der Waals surface area contributed by atoms with E-state index in [1.165, 1.54) is 30.3 Å². The van der Waals surface area contributed by atoms with Crippen molar-refractivity contribution in [3.8, 4) is 23.0 Å². The number of nitriles is 1. The van der Waals surface area contributed by atoms with Gasteiger partial charge in [-0.25, -0.2) is 4.68 Å². The van der Waals surface area contributed by atoms with Gasteiger partial charge in [0.2, 0.25) is 0 Å². The summed E-state index contributed by atoms with van der Waals surface area (Å²) in [5.74, 6) is -0.858. The average molecular weight is 569 g/mol. The molecule has 0 fully saturated rings. The Labute approximate surface area is 238 Å². The van der Waals surface area contributed by atoms with E-state index in [1.54, 1.807) is 36.5 Å². The summed E-state index contributed by atoms with van der Waals surface area (Å²) in [6.45, 7) is 0.388. The topological polar surface area (TPSA) is 130 Å². The van der Waals surface area contributed by atoms with Crippen molar-refractivity contribution >= 4 is 11.6 Å². The lowest BCUT2D eigenvalue weighted by molar-refractivity contribution is -0.141. The molecule has 2 aromatic heterocycles. The first kappa shape index (κ1) is 28.2. The fourth-order valence-electron chi connectivity index (χ4n) is 4.35. The van der Waals surface area contributed by atoms with Crippen molar-refractivity contribution in [2.75, 3.05) is 5.32 Å². The lowest BCUT2D eigenvalue weighted by Gasteiger charge is -2.14. The van der Waals surface area contributed by atoms with Crippen LogP contribution >= 0.6 is 0 Å². The van der Waals surface area contributed by atoms with Gasteiger partial charge in [-0.05, 0) is 59.2 Å². The van der Waals surface area contributed by atoms with Gasteiger partial charge in [0.1, 0.15) is 11.8 Å². The van der Waals surface area contributed by atoms with Crippen LogP contribution in [0, 0.1) is 11.3 Å². The number of aliphatic hydroxyl groups excluding tert-OH is 1. The van der Waals surface area contributed by atoms with Crippen molar-refractivity contribution in [1.29, 1.82) is 5.26 Å². The Morgan fingerprint density at radius 3 is 2.48 bits per heavy atom. The number of carbonyl (C=O) groups excluding carboxylic acids is 1. The second-order valence-electron chi connectivity index (χ2n) is 9.34. The highest BCUT2D eigenvalue weighted by atomic mass is 19.4. The summed E-state index contributed by atoms with van der Waals surface area (Å²) in [6.07, 6.45) is -4.16. The Hall–Kier alpha value is -5.31. The molecule has 0 aliphatic heterocycles. The van der Waals surface area contributed by atoms with E-state index in [-0.39, 0.29) is 22.6 Å². The van der Waals surface area contributed by atoms with Crippen LogP contribution in [-0.2, 0) is 12.7 Å². The van der Waals surface area contributed by atoms with Crippen molar-refractivity contribution in [3.05, 3.63) is 131 Å². The number of carbonyl (C=O) groups is 1. The molecule has 5 aromatic rings. The molecule has 0 radical (unpaired) electrons. The molecule has 1 amide bonds. The second kappa shape index (κ2) is 11.7. The zero-order valence-corrected chi connectivity index (χ0v) is 21.9. The van der Waals surface area contributed by atoms with Crippen LogP contribution in [0.5, 0.6) is 0 Å². The van der Waals surface area contributed by atoms with E-state index in [2.05, 4.69) is 15.4 Å². The third kappa shape index (κ3) is 6.05. The van der Waals surface area contributed by atoms with Crippen LogP contribution < -0.4 is 11.1 Å². The van der Waals surface area contributed by atoms with Crippen LogP contribution in [0.3, 0.4) is 0 Å². The number of anilines is 1. The lowest BCUT2D eigenvalue weighted by atomic mass is 9.99. The van der Waals surface area contributed by atoms with E-state index < -0.39 is 23.9 Å². The van der Waals surface area contributed by atoms with Crippen LogP contribution in [0.15, 0.2) is 97.2 Å². The number of amides is 1. The number of hydrogen-bond donors (Lipinski definition) is 3. The number of aliphatic hydroxyl groups is 1. The second-order valence-corrected chi connectivity index (χ2v) is 9.34. The third-order valence-corrected chi connectivity index (χ3v) is 6.49. The van der Waals surface area contributed by atoms with Crippen molar-refractivity contribution in [2.45, 2.75) is 18.8 Å². The summed E-state index contributed by atoms with van der Waals surface area (Å²) < 4.78 is 41.3. The molecule has 0 saturated heterocycles.